The van der Waals surface area contributed by atoms with Gasteiger partial charge < -0.3 is 10.3 Å². The number of H-pyrrole nitrogens is 1. The first-order valence-corrected chi connectivity index (χ1v) is 6.87. The minimum Gasteiger partial charge on any atom is -0.349 e. The maximum Gasteiger partial charge on any atom is 0.107 e. The monoisotopic (exact) mass is 235 g/mol. The van der Waals surface area contributed by atoms with Crippen LogP contribution in [0.2, 0.25) is 0 Å². The second-order valence-corrected chi connectivity index (χ2v) is 6.03. The number of aromatic nitrogens is 2. The number of nitrogens with zero attached hydrogens (tertiary/aromatic N) is 1. The molecule has 1 fully saturated rings. The standard InChI is InChI=1S/C14H25N3/c1-14(2)7-3-4-12(5-8-14)15-9-6-13-16-10-11-17-13/h10-12,15H,3-9H2,1-2H3,(H,16,17). The van der Waals surface area contributed by atoms with Crippen molar-refractivity contribution in [3.8, 4) is 0 Å². The Bertz CT molecular complexity index is 316. The van der Waals surface area contributed by atoms with Gasteiger partial charge in [0.05, 0.1) is 0 Å². The van der Waals surface area contributed by atoms with Crippen LogP contribution in [0.4, 0.5) is 0 Å². The van der Waals surface area contributed by atoms with Crippen molar-refractivity contribution in [3.63, 3.8) is 0 Å². The fraction of sp³-hybridized carbons (Fsp3) is 0.786. The lowest BCUT2D eigenvalue weighted by atomic mass is 9.85. The summed E-state index contributed by atoms with van der Waals surface area (Å²) >= 11 is 0. The van der Waals surface area contributed by atoms with E-state index in [0.29, 0.717) is 11.5 Å². The topological polar surface area (TPSA) is 40.7 Å². The summed E-state index contributed by atoms with van der Waals surface area (Å²) in [6, 6.07) is 0.715. The molecule has 1 atom stereocenters. The second-order valence-electron chi connectivity index (χ2n) is 6.03. The lowest BCUT2D eigenvalue weighted by Crippen LogP contribution is -2.30. The van der Waals surface area contributed by atoms with Crippen molar-refractivity contribution in [2.24, 2.45) is 5.41 Å². The highest BCUT2D eigenvalue weighted by molar-refractivity contribution is 4.88. The largest absolute Gasteiger partial charge is 0.349 e. The summed E-state index contributed by atoms with van der Waals surface area (Å²) in [5, 5.41) is 3.68. The molecule has 0 aromatic carbocycles. The van der Waals surface area contributed by atoms with E-state index in [1.165, 1.54) is 32.1 Å². The third-order valence-electron chi connectivity index (χ3n) is 3.93. The molecule has 0 bridgehead atoms. The third-order valence-corrected chi connectivity index (χ3v) is 3.93. The second kappa shape index (κ2) is 5.67. The highest BCUT2D eigenvalue weighted by Gasteiger charge is 2.23. The molecule has 0 saturated heterocycles. The van der Waals surface area contributed by atoms with Gasteiger partial charge in [0.15, 0.2) is 0 Å². The Labute approximate surface area is 104 Å². The van der Waals surface area contributed by atoms with Gasteiger partial charge >= 0.3 is 0 Å². The van der Waals surface area contributed by atoms with Crippen LogP contribution in [0.3, 0.4) is 0 Å². The van der Waals surface area contributed by atoms with E-state index in [1.807, 2.05) is 12.4 Å². The predicted octanol–water partition coefficient (Wildman–Crippen LogP) is 2.90. The Morgan fingerprint density at radius 2 is 2.29 bits per heavy atom. The summed E-state index contributed by atoms with van der Waals surface area (Å²) in [5.74, 6) is 1.09. The molecule has 1 aliphatic rings. The summed E-state index contributed by atoms with van der Waals surface area (Å²) in [5.41, 5.74) is 0.553. The molecule has 1 aromatic rings. The van der Waals surface area contributed by atoms with Crippen LogP contribution in [0.25, 0.3) is 0 Å². The quantitative estimate of drug-likeness (QED) is 0.788. The average Bonchev–Trinajstić information content (AvgIpc) is 2.72. The Balaban J connectivity index is 1.69. The molecule has 0 aliphatic heterocycles. The molecule has 0 amide bonds. The smallest absolute Gasteiger partial charge is 0.107 e. The van der Waals surface area contributed by atoms with Gasteiger partial charge in [-0.1, -0.05) is 20.3 Å². The SMILES string of the molecule is CC1(C)CCCC(NCCc2ncc[nH]2)CC1. The van der Waals surface area contributed by atoms with Crippen LogP contribution < -0.4 is 5.32 Å². The highest BCUT2D eigenvalue weighted by Crippen LogP contribution is 2.33. The minimum absolute atomic E-state index is 0.553. The van der Waals surface area contributed by atoms with Crippen LogP contribution in [0.15, 0.2) is 12.4 Å². The Kier molecular flexibility index (Phi) is 4.21. The van der Waals surface area contributed by atoms with Gasteiger partial charge in [0.1, 0.15) is 5.82 Å². The molecule has 1 unspecified atom stereocenters. The number of imidazole rings is 1. The number of hydrogen-bond acceptors (Lipinski definition) is 2. The number of rotatable bonds is 4. The molecule has 2 N–H and O–H groups in total. The highest BCUT2D eigenvalue weighted by atomic mass is 14.9. The zero-order valence-electron chi connectivity index (χ0n) is 11.1. The Morgan fingerprint density at radius 3 is 3.06 bits per heavy atom. The normalized spacial score (nSPS) is 24.5. The van der Waals surface area contributed by atoms with Crippen LogP contribution in [-0.4, -0.2) is 22.6 Å². The van der Waals surface area contributed by atoms with Crippen molar-refractivity contribution in [1.29, 1.82) is 0 Å². The summed E-state index contributed by atoms with van der Waals surface area (Å²) in [7, 11) is 0. The third kappa shape index (κ3) is 4.15. The molecule has 3 nitrogen and oxygen atoms in total. The van der Waals surface area contributed by atoms with Crippen molar-refractivity contribution >= 4 is 0 Å². The lowest BCUT2D eigenvalue weighted by molar-refractivity contribution is 0.310. The zero-order chi connectivity index (χ0) is 12.1. The zero-order valence-corrected chi connectivity index (χ0v) is 11.1. The van der Waals surface area contributed by atoms with Gasteiger partial charge in [-0.15, -0.1) is 0 Å². The van der Waals surface area contributed by atoms with Gasteiger partial charge in [-0.05, 0) is 31.1 Å². The maximum atomic E-state index is 4.24. The molecule has 0 spiro atoms. The maximum absolute atomic E-state index is 4.24. The minimum atomic E-state index is 0.553. The molecule has 1 saturated carbocycles. The van der Waals surface area contributed by atoms with Gasteiger partial charge in [-0.3, -0.25) is 0 Å². The predicted molar refractivity (Wildman–Crippen MR) is 70.9 cm³/mol. The number of nitrogens with one attached hydrogen (secondary N) is 2. The van der Waals surface area contributed by atoms with Crippen LogP contribution in [-0.2, 0) is 6.42 Å². The molecule has 0 radical (unpaired) electrons. The van der Waals surface area contributed by atoms with Crippen molar-refractivity contribution in [2.75, 3.05) is 6.54 Å². The van der Waals surface area contributed by atoms with E-state index in [1.54, 1.807) is 0 Å². The van der Waals surface area contributed by atoms with Gasteiger partial charge in [-0.25, -0.2) is 4.98 Å². The first-order chi connectivity index (χ1) is 8.16. The molecule has 1 aromatic heterocycles. The van der Waals surface area contributed by atoms with Crippen LogP contribution in [0.1, 0.15) is 51.8 Å². The molecule has 2 rings (SSSR count). The number of aromatic amines is 1. The lowest BCUT2D eigenvalue weighted by Gasteiger charge is -2.22. The van der Waals surface area contributed by atoms with Crippen molar-refractivity contribution in [3.05, 3.63) is 18.2 Å². The Hall–Kier alpha value is -0.830. The van der Waals surface area contributed by atoms with E-state index in [0.717, 1.165) is 18.8 Å². The average molecular weight is 235 g/mol. The van der Waals surface area contributed by atoms with E-state index >= 15 is 0 Å². The van der Waals surface area contributed by atoms with Gasteiger partial charge in [0.25, 0.3) is 0 Å². The molecular formula is C14H25N3. The van der Waals surface area contributed by atoms with Gasteiger partial charge in [0, 0.05) is 31.4 Å². The molecular weight excluding hydrogens is 210 g/mol. The van der Waals surface area contributed by atoms with Crippen LogP contribution >= 0.6 is 0 Å². The van der Waals surface area contributed by atoms with Crippen molar-refractivity contribution < 1.29 is 0 Å². The first-order valence-electron chi connectivity index (χ1n) is 6.87. The van der Waals surface area contributed by atoms with E-state index in [4.69, 9.17) is 0 Å². The van der Waals surface area contributed by atoms with Crippen molar-refractivity contribution in [2.45, 2.75) is 58.4 Å². The van der Waals surface area contributed by atoms with E-state index in [9.17, 15) is 0 Å². The van der Waals surface area contributed by atoms with Crippen LogP contribution in [0, 0.1) is 5.41 Å². The fourth-order valence-corrected chi connectivity index (χ4v) is 2.69. The summed E-state index contributed by atoms with van der Waals surface area (Å²) in [6.45, 7) is 5.84. The summed E-state index contributed by atoms with van der Waals surface area (Å²) < 4.78 is 0. The molecule has 1 aliphatic carbocycles. The molecule has 1 heterocycles. The summed E-state index contributed by atoms with van der Waals surface area (Å²) in [4.78, 5) is 7.39. The first kappa shape index (κ1) is 12.6. The number of hydrogen-bond donors (Lipinski definition) is 2. The fourth-order valence-electron chi connectivity index (χ4n) is 2.69. The Morgan fingerprint density at radius 1 is 1.41 bits per heavy atom. The molecule has 17 heavy (non-hydrogen) atoms. The molecule has 3 heteroatoms. The van der Waals surface area contributed by atoms with Gasteiger partial charge in [-0.2, -0.15) is 0 Å². The van der Waals surface area contributed by atoms with E-state index < -0.39 is 0 Å². The van der Waals surface area contributed by atoms with Crippen molar-refractivity contribution in [1.82, 2.24) is 15.3 Å². The van der Waals surface area contributed by atoms with Crippen LogP contribution in [0.5, 0.6) is 0 Å². The van der Waals surface area contributed by atoms with Gasteiger partial charge in [0.2, 0.25) is 0 Å². The molecule has 96 valence electrons. The summed E-state index contributed by atoms with van der Waals surface area (Å²) in [6.07, 6.45) is 11.5. The van der Waals surface area contributed by atoms with E-state index in [-0.39, 0.29) is 0 Å². The van der Waals surface area contributed by atoms with E-state index in [2.05, 4.69) is 29.1 Å².